The molecule has 132 valence electrons. The number of carbonyl (C=O) groups excluding carboxylic acids is 3. The van der Waals surface area contributed by atoms with Crippen LogP contribution in [-0.4, -0.2) is 37.0 Å². The summed E-state index contributed by atoms with van der Waals surface area (Å²) in [6.07, 6.45) is 0.817. The molecule has 0 saturated carbocycles. The number of nitrogens with two attached hydrogens (primary N) is 2. The lowest BCUT2D eigenvalue weighted by molar-refractivity contribution is -0.125. The molecular weight excluding hydrogens is 330 g/mol. The first-order chi connectivity index (χ1) is 11.5. The maximum atomic E-state index is 12.4. The molecule has 24 heavy (non-hydrogen) atoms. The fourth-order valence-electron chi connectivity index (χ4n) is 1.96. The van der Waals surface area contributed by atoms with Crippen molar-refractivity contribution in [2.75, 3.05) is 18.4 Å². The molecule has 1 rings (SSSR count). The van der Waals surface area contributed by atoms with E-state index < -0.39 is 18.0 Å². The van der Waals surface area contributed by atoms with Gasteiger partial charge < -0.3 is 27.4 Å². The van der Waals surface area contributed by atoms with Gasteiger partial charge in [-0.1, -0.05) is 12.1 Å². The van der Waals surface area contributed by atoms with E-state index in [0.29, 0.717) is 30.8 Å². The molecule has 8 nitrogen and oxygen atoms in total. The Hall–Kier alpha value is -2.26. The molecule has 1 unspecified atom stereocenters. The highest BCUT2D eigenvalue weighted by Crippen LogP contribution is 2.12. The Balaban J connectivity index is 2.63. The Labute approximate surface area is 146 Å². The van der Waals surface area contributed by atoms with E-state index in [1.807, 2.05) is 12.1 Å². The highest BCUT2D eigenvalue weighted by Gasteiger charge is 2.20. The highest BCUT2D eigenvalue weighted by atomic mass is 32.1. The summed E-state index contributed by atoms with van der Waals surface area (Å²) >= 11 is 4.17. The van der Waals surface area contributed by atoms with E-state index in [0.717, 1.165) is 5.56 Å². The average molecular weight is 353 g/mol. The third-order valence-corrected chi connectivity index (χ3v) is 3.58. The SMILES string of the molecule is NCC(=O)NC(CCCNC(N)=O)C(=O)Nc1ccc(CS)cc1. The number of hydrogen-bond donors (Lipinski definition) is 6. The van der Waals surface area contributed by atoms with Gasteiger partial charge in [0.05, 0.1) is 6.54 Å². The maximum Gasteiger partial charge on any atom is 0.312 e. The van der Waals surface area contributed by atoms with Crippen LogP contribution >= 0.6 is 12.6 Å². The van der Waals surface area contributed by atoms with Gasteiger partial charge in [-0.05, 0) is 30.5 Å². The Morgan fingerprint density at radius 2 is 1.83 bits per heavy atom. The van der Waals surface area contributed by atoms with Crippen molar-refractivity contribution in [3.05, 3.63) is 29.8 Å². The predicted octanol–water partition coefficient (Wildman–Crippen LogP) is -0.0531. The van der Waals surface area contributed by atoms with Crippen LogP contribution in [0.15, 0.2) is 24.3 Å². The summed E-state index contributed by atoms with van der Waals surface area (Å²) in [4.78, 5) is 34.5. The van der Waals surface area contributed by atoms with Crippen LogP contribution in [-0.2, 0) is 15.3 Å². The summed E-state index contributed by atoms with van der Waals surface area (Å²) in [5.74, 6) is -0.172. The summed E-state index contributed by atoms with van der Waals surface area (Å²) < 4.78 is 0. The monoisotopic (exact) mass is 353 g/mol. The van der Waals surface area contributed by atoms with Gasteiger partial charge in [-0.15, -0.1) is 0 Å². The Kier molecular flexibility index (Phi) is 8.66. The van der Waals surface area contributed by atoms with Gasteiger partial charge in [-0.2, -0.15) is 12.6 Å². The molecular formula is C15H23N5O3S. The van der Waals surface area contributed by atoms with Crippen LogP contribution in [0.25, 0.3) is 0 Å². The molecule has 1 atom stereocenters. The van der Waals surface area contributed by atoms with E-state index in [1.54, 1.807) is 12.1 Å². The quantitative estimate of drug-likeness (QED) is 0.273. The zero-order chi connectivity index (χ0) is 17.9. The van der Waals surface area contributed by atoms with Gasteiger partial charge in [-0.25, -0.2) is 4.79 Å². The van der Waals surface area contributed by atoms with E-state index in [-0.39, 0.29) is 12.5 Å². The minimum Gasteiger partial charge on any atom is -0.352 e. The highest BCUT2D eigenvalue weighted by molar-refractivity contribution is 7.79. The van der Waals surface area contributed by atoms with Crippen molar-refractivity contribution < 1.29 is 14.4 Å². The van der Waals surface area contributed by atoms with Crippen molar-refractivity contribution in [3.8, 4) is 0 Å². The Morgan fingerprint density at radius 1 is 1.17 bits per heavy atom. The number of thiol groups is 1. The summed E-state index contributed by atoms with van der Waals surface area (Å²) in [5.41, 5.74) is 11.9. The molecule has 1 aromatic carbocycles. The first kappa shape index (κ1) is 19.8. The number of anilines is 1. The van der Waals surface area contributed by atoms with E-state index in [1.165, 1.54) is 0 Å². The molecule has 4 amide bonds. The van der Waals surface area contributed by atoms with Gasteiger partial charge >= 0.3 is 6.03 Å². The molecule has 7 N–H and O–H groups in total. The molecule has 0 bridgehead atoms. The van der Waals surface area contributed by atoms with Crippen LogP contribution in [0, 0.1) is 0 Å². The van der Waals surface area contributed by atoms with E-state index in [4.69, 9.17) is 11.5 Å². The molecule has 0 radical (unpaired) electrons. The van der Waals surface area contributed by atoms with Gasteiger partial charge in [0.15, 0.2) is 0 Å². The van der Waals surface area contributed by atoms with Crippen LogP contribution in [0.2, 0.25) is 0 Å². The van der Waals surface area contributed by atoms with Gasteiger partial charge in [0.1, 0.15) is 6.04 Å². The number of benzene rings is 1. The van der Waals surface area contributed by atoms with Crippen LogP contribution < -0.4 is 27.4 Å². The fraction of sp³-hybridized carbons (Fsp3) is 0.400. The Bertz CT molecular complexity index is 565. The summed E-state index contributed by atoms with van der Waals surface area (Å²) in [7, 11) is 0. The first-order valence-corrected chi connectivity index (χ1v) is 8.13. The van der Waals surface area contributed by atoms with Gasteiger partial charge in [0.2, 0.25) is 11.8 Å². The van der Waals surface area contributed by atoms with Crippen molar-refractivity contribution >= 4 is 36.2 Å². The smallest absolute Gasteiger partial charge is 0.312 e. The molecule has 1 aromatic rings. The van der Waals surface area contributed by atoms with Crippen molar-refractivity contribution in [3.63, 3.8) is 0 Å². The number of hydrogen-bond acceptors (Lipinski definition) is 5. The van der Waals surface area contributed by atoms with Crippen molar-refractivity contribution in [1.82, 2.24) is 10.6 Å². The predicted molar refractivity (Wildman–Crippen MR) is 95.6 cm³/mol. The lowest BCUT2D eigenvalue weighted by Gasteiger charge is -2.18. The molecule has 0 aliphatic heterocycles. The fourth-order valence-corrected chi connectivity index (χ4v) is 2.17. The number of nitrogens with one attached hydrogen (secondary N) is 3. The summed E-state index contributed by atoms with van der Waals surface area (Å²) in [6, 6.07) is 5.85. The van der Waals surface area contributed by atoms with E-state index >= 15 is 0 Å². The molecule has 0 aliphatic rings. The van der Waals surface area contributed by atoms with Crippen molar-refractivity contribution in [2.24, 2.45) is 11.5 Å². The minimum absolute atomic E-state index is 0.208. The molecule has 0 spiro atoms. The number of amides is 4. The second kappa shape index (κ2) is 10.5. The molecule has 0 heterocycles. The van der Waals surface area contributed by atoms with Crippen LogP contribution in [0.1, 0.15) is 18.4 Å². The molecule has 0 fully saturated rings. The van der Waals surface area contributed by atoms with Crippen LogP contribution in [0.4, 0.5) is 10.5 Å². The number of urea groups is 1. The average Bonchev–Trinajstić information content (AvgIpc) is 2.57. The van der Waals surface area contributed by atoms with Crippen molar-refractivity contribution in [1.29, 1.82) is 0 Å². The minimum atomic E-state index is -0.750. The zero-order valence-electron chi connectivity index (χ0n) is 13.2. The van der Waals surface area contributed by atoms with Gasteiger partial charge in [0.25, 0.3) is 0 Å². The summed E-state index contributed by atoms with van der Waals surface area (Å²) in [6.45, 7) is 0.105. The molecule has 0 saturated heterocycles. The first-order valence-electron chi connectivity index (χ1n) is 7.49. The topological polar surface area (TPSA) is 139 Å². The second-order valence-corrected chi connectivity index (χ2v) is 5.42. The van der Waals surface area contributed by atoms with Gasteiger partial charge in [0, 0.05) is 18.0 Å². The number of rotatable bonds is 9. The van der Waals surface area contributed by atoms with E-state index in [9.17, 15) is 14.4 Å². The number of carbonyl (C=O) groups is 3. The lowest BCUT2D eigenvalue weighted by atomic mass is 10.1. The largest absolute Gasteiger partial charge is 0.352 e. The normalized spacial score (nSPS) is 11.4. The second-order valence-electron chi connectivity index (χ2n) is 5.10. The molecule has 9 heteroatoms. The third kappa shape index (κ3) is 7.34. The van der Waals surface area contributed by atoms with Crippen LogP contribution in [0.3, 0.4) is 0 Å². The molecule has 0 aromatic heterocycles. The number of primary amides is 1. The van der Waals surface area contributed by atoms with Crippen LogP contribution in [0.5, 0.6) is 0 Å². The third-order valence-electron chi connectivity index (χ3n) is 3.21. The maximum absolute atomic E-state index is 12.4. The lowest BCUT2D eigenvalue weighted by Crippen LogP contribution is -2.46. The summed E-state index contributed by atoms with van der Waals surface area (Å²) in [5, 5.41) is 7.74. The zero-order valence-corrected chi connectivity index (χ0v) is 14.1. The van der Waals surface area contributed by atoms with E-state index in [2.05, 4.69) is 28.6 Å². The molecule has 0 aliphatic carbocycles. The Morgan fingerprint density at radius 3 is 2.38 bits per heavy atom. The standard InChI is InChI=1S/C15H23N5O3S/c16-8-13(21)20-12(2-1-7-18-15(17)23)14(22)19-11-5-3-10(9-24)4-6-11/h3-6,12,24H,1-2,7-9,16H2,(H,19,22)(H,20,21)(H3,17,18,23). The van der Waals surface area contributed by atoms with Gasteiger partial charge in [-0.3, -0.25) is 9.59 Å². The van der Waals surface area contributed by atoms with Crippen molar-refractivity contribution in [2.45, 2.75) is 24.6 Å².